The van der Waals surface area contributed by atoms with E-state index >= 15 is 0 Å². The summed E-state index contributed by atoms with van der Waals surface area (Å²) in [5, 5.41) is 2.88. The number of nitrogens with one attached hydrogen (secondary N) is 1. The van der Waals surface area contributed by atoms with Gasteiger partial charge in [-0.15, -0.1) is 0 Å². The van der Waals surface area contributed by atoms with Crippen molar-refractivity contribution < 1.29 is 4.79 Å². The number of carbonyl (C=O) groups is 1. The highest BCUT2D eigenvalue weighted by Crippen LogP contribution is 2.21. The van der Waals surface area contributed by atoms with Gasteiger partial charge in [-0.05, 0) is 36.1 Å². The van der Waals surface area contributed by atoms with E-state index in [1.165, 1.54) is 5.56 Å². The molecule has 0 saturated carbocycles. The second-order valence-corrected chi connectivity index (χ2v) is 5.80. The smallest absolute Gasteiger partial charge is 0.248 e. The van der Waals surface area contributed by atoms with Crippen molar-refractivity contribution in [3.63, 3.8) is 0 Å². The van der Waals surface area contributed by atoms with Crippen LogP contribution in [0.3, 0.4) is 0 Å². The van der Waals surface area contributed by atoms with E-state index < -0.39 is 5.54 Å². The summed E-state index contributed by atoms with van der Waals surface area (Å²) in [6.45, 7) is 6.00. The first-order chi connectivity index (χ1) is 9.91. The molecular formula is C18H22N2O. The van der Waals surface area contributed by atoms with Crippen LogP contribution < -0.4 is 11.1 Å². The first-order valence-electron chi connectivity index (χ1n) is 7.17. The number of hydrogen-bond acceptors (Lipinski definition) is 2. The van der Waals surface area contributed by atoms with E-state index in [9.17, 15) is 4.79 Å². The van der Waals surface area contributed by atoms with Gasteiger partial charge in [-0.1, -0.05) is 56.3 Å². The molecule has 2 aromatic rings. The summed E-state index contributed by atoms with van der Waals surface area (Å²) < 4.78 is 0. The Hall–Kier alpha value is -2.13. The van der Waals surface area contributed by atoms with Crippen molar-refractivity contribution in [2.75, 3.05) is 5.32 Å². The van der Waals surface area contributed by atoms with E-state index in [4.69, 9.17) is 5.73 Å². The quantitative estimate of drug-likeness (QED) is 0.899. The molecule has 0 fully saturated rings. The summed E-state index contributed by atoms with van der Waals surface area (Å²) in [6, 6.07) is 17.3. The lowest BCUT2D eigenvalue weighted by atomic mass is 9.92. The first kappa shape index (κ1) is 15.3. The van der Waals surface area contributed by atoms with Crippen LogP contribution in [0.25, 0.3) is 0 Å². The van der Waals surface area contributed by atoms with E-state index in [1.54, 1.807) is 6.92 Å². The highest BCUT2D eigenvalue weighted by Gasteiger charge is 2.30. The Balaban J connectivity index is 2.14. The first-order valence-corrected chi connectivity index (χ1v) is 7.17. The predicted molar refractivity (Wildman–Crippen MR) is 87.1 cm³/mol. The largest absolute Gasteiger partial charge is 0.324 e. The second kappa shape index (κ2) is 6.10. The van der Waals surface area contributed by atoms with Gasteiger partial charge in [-0.3, -0.25) is 4.79 Å². The maximum absolute atomic E-state index is 12.4. The van der Waals surface area contributed by atoms with E-state index in [0.717, 1.165) is 11.3 Å². The number of benzene rings is 2. The van der Waals surface area contributed by atoms with Gasteiger partial charge in [-0.25, -0.2) is 0 Å². The molecule has 21 heavy (non-hydrogen) atoms. The summed E-state index contributed by atoms with van der Waals surface area (Å²) in [5.74, 6) is 0.254. The lowest BCUT2D eigenvalue weighted by Gasteiger charge is -2.24. The van der Waals surface area contributed by atoms with Crippen molar-refractivity contribution in [3.8, 4) is 0 Å². The van der Waals surface area contributed by atoms with Crippen LogP contribution in [-0.2, 0) is 10.3 Å². The van der Waals surface area contributed by atoms with Crippen molar-refractivity contribution in [3.05, 3.63) is 65.7 Å². The van der Waals surface area contributed by atoms with Crippen molar-refractivity contribution in [2.24, 2.45) is 5.73 Å². The maximum atomic E-state index is 12.4. The molecule has 0 bridgehead atoms. The van der Waals surface area contributed by atoms with Crippen LogP contribution in [0.1, 0.15) is 37.8 Å². The fraction of sp³-hybridized carbons (Fsp3) is 0.278. The SMILES string of the molecule is CC(C)c1ccc(NC(=O)C(C)(N)c2ccccc2)cc1. The average molecular weight is 282 g/mol. The van der Waals surface area contributed by atoms with Crippen molar-refractivity contribution in [1.29, 1.82) is 0 Å². The van der Waals surface area contributed by atoms with Gasteiger partial charge in [0.05, 0.1) is 0 Å². The Kier molecular flexibility index (Phi) is 4.43. The summed E-state index contributed by atoms with van der Waals surface area (Å²) in [5.41, 5.74) is 7.93. The average Bonchev–Trinajstić information content (AvgIpc) is 2.48. The maximum Gasteiger partial charge on any atom is 0.248 e. The van der Waals surface area contributed by atoms with Gasteiger partial charge in [0, 0.05) is 5.69 Å². The molecule has 3 heteroatoms. The highest BCUT2D eigenvalue weighted by atomic mass is 16.2. The normalized spacial score (nSPS) is 13.8. The van der Waals surface area contributed by atoms with Crippen LogP contribution in [-0.4, -0.2) is 5.91 Å². The van der Waals surface area contributed by atoms with Crippen LogP contribution in [0.15, 0.2) is 54.6 Å². The summed E-state index contributed by atoms with van der Waals surface area (Å²) in [4.78, 5) is 12.4. The Morgan fingerprint density at radius 3 is 2.14 bits per heavy atom. The summed E-state index contributed by atoms with van der Waals surface area (Å²) in [7, 11) is 0. The fourth-order valence-electron chi connectivity index (χ4n) is 2.13. The number of nitrogens with two attached hydrogens (primary N) is 1. The Morgan fingerprint density at radius 2 is 1.62 bits per heavy atom. The van der Waals surface area contributed by atoms with Gasteiger partial charge in [0.15, 0.2) is 0 Å². The van der Waals surface area contributed by atoms with Crippen molar-refractivity contribution in [2.45, 2.75) is 32.2 Å². The van der Waals surface area contributed by atoms with Gasteiger partial charge in [-0.2, -0.15) is 0 Å². The third kappa shape index (κ3) is 3.50. The standard InChI is InChI=1S/C18H22N2O/c1-13(2)14-9-11-16(12-10-14)20-17(21)18(3,19)15-7-5-4-6-8-15/h4-13H,19H2,1-3H3,(H,20,21). The molecule has 0 spiro atoms. The Bertz CT molecular complexity index is 601. The lowest BCUT2D eigenvalue weighted by molar-refractivity contribution is -0.120. The molecule has 0 aromatic heterocycles. The van der Waals surface area contributed by atoms with Gasteiger partial charge < -0.3 is 11.1 Å². The van der Waals surface area contributed by atoms with Crippen molar-refractivity contribution in [1.82, 2.24) is 0 Å². The molecular weight excluding hydrogens is 260 g/mol. The number of anilines is 1. The number of rotatable bonds is 4. The zero-order chi connectivity index (χ0) is 15.5. The number of hydrogen-bond donors (Lipinski definition) is 2. The van der Waals surface area contributed by atoms with Crippen LogP contribution in [0, 0.1) is 0 Å². The minimum atomic E-state index is -1.06. The third-order valence-corrected chi connectivity index (χ3v) is 3.68. The topological polar surface area (TPSA) is 55.1 Å². The second-order valence-electron chi connectivity index (χ2n) is 5.80. The molecule has 2 aromatic carbocycles. The Labute approximate surface area is 126 Å². The van der Waals surface area contributed by atoms with Gasteiger partial charge in [0.2, 0.25) is 5.91 Å². The third-order valence-electron chi connectivity index (χ3n) is 3.68. The molecule has 0 aliphatic heterocycles. The van der Waals surface area contributed by atoms with E-state index in [-0.39, 0.29) is 5.91 Å². The van der Waals surface area contributed by atoms with E-state index in [1.807, 2.05) is 54.6 Å². The monoisotopic (exact) mass is 282 g/mol. The molecule has 3 N–H and O–H groups in total. The molecule has 3 nitrogen and oxygen atoms in total. The fourth-order valence-corrected chi connectivity index (χ4v) is 2.13. The molecule has 110 valence electrons. The zero-order valence-electron chi connectivity index (χ0n) is 12.8. The van der Waals surface area contributed by atoms with E-state index in [0.29, 0.717) is 5.92 Å². The molecule has 2 rings (SSSR count). The number of amides is 1. The molecule has 0 radical (unpaired) electrons. The number of carbonyl (C=O) groups excluding carboxylic acids is 1. The van der Waals surface area contributed by atoms with Gasteiger partial charge in [0.25, 0.3) is 0 Å². The molecule has 1 unspecified atom stereocenters. The Morgan fingerprint density at radius 1 is 1.05 bits per heavy atom. The molecule has 1 atom stereocenters. The molecule has 0 aliphatic carbocycles. The van der Waals surface area contributed by atoms with Crippen LogP contribution in [0.5, 0.6) is 0 Å². The summed E-state index contributed by atoms with van der Waals surface area (Å²) in [6.07, 6.45) is 0. The van der Waals surface area contributed by atoms with Crippen molar-refractivity contribution >= 4 is 11.6 Å². The van der Waals surface area contributed by atoms with Crippen LogP contribution >= 0.6 is 0 Å². The predicted octanol–water partition coefficient (Wildman–Crippen LogP) is 3.62. The minimum Gasteiger partial charge on any atom is -0.324 e. The van der Waals surface area contributed by atoms with Gasteiger partial charge >= 0.3 is 0 Å². The van der Waals surface area contributed by atoms with Crippen LogP contribution in [0.2, 0.25) is 0 Å². The molecule has 0 saturated heterocycles. The highest BCUT2D eigenvalue weighted by molar-refractivity contribution is 5.98. The van der Waals surface area contributed by atoms with Gasteiger partial charge in [0.1, 0.15) is 5.54 Å². The van der Waals surface area contributed by atoms with E-state index in [2.05, 4.69) is 19.2 Å². The van der Waals surface area contributed by atoms with Crippen LogP contribution in [0.4, 0.5) is 5.69 Å². The summed E-state index contributed by atoms with van der Waals surface area (Å²) >= 11 is 0. The lowest BCUT2D eigenvalue weighted by Crippen LogP contribution is -2.45. The zero-order valence-corrected chi connectivity index (χ0v) is 12.8. The molecule has 1 amide bonds. The molecule has 0 heterocycles. The minimum absolute atomic E-state index is 0.217. The molecule has 0 aliphatic rings.